The van der Waals surface area contributed by atoms with Gasteiger partial charge in [-0.1, -0.05) is 23.7 Å². The molecule has 5 rings (SSSR count). The molecule has 1 saturated heterocycles. The van der Waals surface area contributed by atoms with E-state index in [0.29, 0.717) is 18.2 Å². The molecule has 0 amide bonds. The Bertz CT molecular complexity index is 1260. The van der Waals surface area contributed by atoms with Gasteiger partial charge in [-0.2, -0.15) is 0 Å². The van der Waals surface area contributed by atoms with Crippen LogP contribution < -0.4 is 10.5 Å². The molecule has 0 bridgehead atoms. The van der Waals surface area contributed by atoms with Crippen LogP contribution in [0.5, 0.6) is 0 Å². The van der Waals surface area contributed by atoms with Crippen molar-refractivity contribution in [2.75, 3.05) is 38.3 Å². The molecule has 0 radical (unpaired) electrons. The topological polar surface area (TPSA) is 56.6 Å². The molecule has 1 aliphatic heterocycles. The van der Waals surface area contributed by atoms with Gasteiger partial charge < -0.3 is 18.9 Å². The minimum Gasteiger partial charge on any atom is -0.380 e. The van der Waals surface area contributed by atoms with Gasteiger partial charge in [0.1, 0.15) is 0 Å². The fraction of sp³-hybridized carbons (Fsp3) is 0.308. The van der Waals surface area contributed by atoms with Gasteiger partial charge in [-0.25, -0.2) is 0 Å². The average molecular weight is 464 g/mol. The zero-order valence-electron chi connectivity index (χ0n) is 18.6. The van der Waals surface area contributed by atoms with Gasteiger partial charge in [0.2, 0.25) is 0 Å². The molecule has 1 aromatic carbocycles. The lowest BCUT2D eigenvalue weighted by atomic mass is 10.0. The first-order valence-electron chi connectivity index (χ1n) is 11.1. The van der Waals surface area contributed by atoms with Gasteiger partial charge in [-0.15, -0.1) is 0 Å². The van der Waals surface area contributed by atoms with Gasteiger partial charge >= 0.3 is 0 Å². The third-order valence-corrected chi connectivity index (χ3v) is 6.33. The Morgan fingerprint density at radius 1 is 1.12 bits per heavy atom. The van der Waals surface area contributed by atoms with Crippen molar-refractivity contribution >= 4 is 22.9 Å². The number of fused-ring (bicyclic) bond motifs is 1. The highest BCUT2D eigenvalue weighted by Gasteiger charge is 2.20. The van der Waals surface area contributed by atoms with E-state index in [-0.39, 0.29) is 5.56 Å². The second kappa shape index (κ2) is 9.51. The summed E-state index contributed by atoms with van der Waals surface area (Å²) in [6.07, 6.45) is 6.74. The molecule has 2 aliphatic rings. The van der Waals surface area contributed by atoms with Crippen molar-refractivity contribution in [3.63, 3.8) is 0 Å². The van der Waals surface area contributed by atoms with Crippen LogP contribution in [0, 0.1) is 0 Å². The lowest BCUT2D eigenvalue weighted by Crippen LogP contribution is -2.36. The molecule has 3 heterocycles. The summed E-state index contributed by atoms with van der Waals surface area (Å²) in [6, 6.07) is 11.7. The smallest absolute Gasteiger partial charge is 0.251 e. The van der Waals surface area contributed by atoms with Crippen LogP contribution in [0.25, 0.3) is 5.57 Å². The number of nitrogens with zero attached hydrogens (tertiary/aromatic N) is 3. The molecule has 6 nitrogen and oxygen atoms in total. The maximum absolute atomic E-state index is 13.0. The van der Waals surface area contributed by atoms with Crippen molar-refractivity contribution in [2.24, 2.45) is 0 Å². The molecule has 1 fully saturated rings. The minimum absolute atomic E-state index is 0.0487. The number of anilines is 1. The lowest BCUT2D eigenvalue weighted by molar-refractivity contribution is 0.122. The third-order valence-electron chi connectivity index (χ3n) is 6.11. The number of hydrogen-bond acceptors (Lipinski definition) is 5. The number of hydrogen-bond donors (Lipinski definition) is 0. The summed E-state index contributed by atoms with van der Waals surface area (Å²) in [5, 5.41) is 0.639. The van der Waals surface area contributed by atoms with Crippen LogP contribution in [0.2, 0.25) is 5.02 Å². The van der Waals surface area contributed by atoms with E-state index >= 15 is 0 Å². The van der Waals surface area contributed by atoms with Crippen LogP contribution >= 0.6 is 11.6 Å². The van der Waals surface area contributed by atoms with Crippen LogP contribution in [0.3, 0.4) is 0 Å². The van der Waals surface area contributed by atoms with Gasteiger partial charge in [-0.3, -0.25) is 9.78 Å². The normalized spacial score (nSPS) is 15.5. The van der Waals surface area contributed by atoms with Gasteiger partial charge in [-0.05, 0) is 46.5 Å². The molecule has 33 heavy (non-hydrogen) atoms. The van der Waals surface area contributed by atoms with E-state index < -0.39 is 0 Å². The summed E-state index contributed by atoms with van der Waals surface area (Å²) in [5.41, 5.74) is 7.16. The first-order chi connectivity index (χ1) is 16.1. The van der Waals surface area contributed by atoms with Crippen LogP contribution in [-0.2, 0) is 29.0 Å². The summed E-state index contributed by atoms with van der Waals surface area (Å²) >= 11 is 6.25. The van der Waals surface area contributed by atoms with E-state index in [1.54, 1.807) is 17.7 Å². The Kier molecular flexibility index (Phi) is 6.31. The molecule has 1 aliphatic carbocycles. The van der Waals surface area contributed by atoms with Crippen molar-refractivity contribution in [1.29, 1.82) is 0 Å². The first kappa shape index (κ1) is 21.9. The second-order valence-electron chi connectivity index (χ2n) is 8.39. The Balaban J connectivity index is 1.39. The molecular weight excluding hydrogens is 438 g/mol. The predicted molar refractivity (Wildman–Crippen MR) is 130 cm³/mol. The van der Waals surface area contributed by atoms with Gasteiger partial charge in [0, 0.05) is 49.5 Å². The highest BCUT2D eigenvalue weighted by Crippen LogP contribution is 2.33. The zero-order chi connectivity index (χ0) is 22.8. The molecule has 0 saturated carbocycles. The number of methoxy groups -OCH3 is 1. The fourth-order valence-electron chi connectivity index (χ4n) is 4.52. The van der Waals surface area contributed by atoms with Gasteiger partial charge in [0.05, 0.1) is 43.9 Å². The average Bonchev–Trinajstić information content (AvgIpc) is 3.24. The van der Waals surface area contributed by atoms with E-state index in [9.17, 15) is 4.79 Å². The number of benzene rings is 1. The maximum Gasteiger partial charge on any atom is 0.251 e. The molecule has 0 spiro atoms. The molecule has 0 N–H and O–H groups in total. The van der Waals surface area contributed by atoms with Crippen LogP contribution in [0.15, 0.2) is 59.7 Å². The zero-order valence-corrected chi connectivity index (χ0v) is 19.3. The van der Waals surface area contributed by atoms with Crippen molar-refractivity contribution < 1.29 is 9.47 Å². The largest absolute Gasteiger partial charge is 0.380 e. The highest BCUT2D eigenvalue weighted by atomic mass is 35.5. The summed E-state index contributed by atoms with van der Waals surface area (Å²) in [4.78, 5) is 20.0. The van der Waals surface area contributed by atoms with Crippen molar-refractivity contribution in [2.45, 2.75) is 19.6 Å². The number of ether oxygens (including phenoxy) is 2. The molecule has 0 unspecified atom stereocenters. The van der Waals surface area contributed by atoms with Gasteiger partial charge in [0.25, 0.3) is 5.56 Å². The van der Waals surface area contributed by atoms with Crippen LogP contribution in [0.4, 0.5) is 5.69 Å². The molecular formula is C26H26ClN3O3. The summed E-state index contributed by atoms with van der Waals surface area (Å²) in [6.45, 7) is 4.13. The number of pyridine rings is 2. The molecule has 3 aromatic rings. The molecule has 170 valence electrons. The third kappa shape index (κ3) is 4.74. The SMILES string of the molecule is COCc1cc(Cl)cc(Cn2ccc(C3=CCc4ncc(N5CCOCC5)cc43)cc2=O)c1. The number of halogens is 1. The van der Waals surface area contributed by atoms with Gasteiger partial charge in [0.15, 0.2) is 0 Å². The molecule has 7 heteroatoms. The quantitative estimate of drug-likeness (QED) is 0.554. The lowest BCUT2D eigenvalue weighted by Gasteiger charge is -2.29. The maximum atomic E-state index is 13.0. The Hall–Kier alpha value is -2.93. The monoisotopic (exact) mass is 463 g/mol. The highest BCUT2D eigenvalue weighted by molar-refractivity contribution is 6.30. The molecule has 0 atom stereocenters. The number of aromatic nitrogens is 2. The summed E-state index contributed by atoms with van der Waals surface area (Å²) in [7, 11) is 1.65. The van der Waals surface area contributed by atoms with E-state index in [0.717, 1.165) is 71.9 Å². The minimum atomic E-state index is -0.0487. The molecule has 2 aromatic heterocycles. The van der Waals surface area contributed by atoms with Crippen LogP contribution in [-0.4, -0.2) is 43.0 Å². The Morgan fingerprint density at radius 3 is 2.73 bits per heavy atom. The summed E-state index contributed by atoms with van der Waals surface area (Å²) in [5.74, 6) is 0. The van der Waals surface area contributed by atoms with Crippen molar-refractivity contribution in [1.82, 2.24) is 9.55 Å². The Morgan fingerprint density at radius 2 is 1.94 bits per heavy atom. The number of morpholine rings is 1. The van der Waals surface area contributed by atoms with Crippen molar-refractivity contribution in [3.8, 4) is 0 Å². The fourth-order valence-corrected chi connectivity index (χ4v) is 4.80. The second-order valence-corrected chi connectivity index (χ2v) is 8.83. The van der Waals surface area contributed by atoms with E-state index in [4.69, 9.17) is 26.1 Å². The Labute approximate surface area is 198 Å². The number of rotatable bonds is 6. The van der Waals surface area contributed by atoms with Crippen LogP contribution in [0.1, 0.15) is 27.9 Å². The van der Waals surface area contributed by atoms with E-state index in [1.165, 1.54) is 0 Å². The summed E-state index contributed by atoms with van der Waals surface area (Å²) < 4.78 is 12.4. The van der Waals surface area contributed by atoms with E-state index in [1.807, 2.05) is 36.7 Å². The predicted octanol–water partition coefficient (Wildman–Crippen LogP) is 3.92. The standard InChI is InChI=1S/C26H26ClN3O3/c1-32-17-19-10-18(11-21(27)12-19)16-30-5-4-20(13-26(30)31)23-2-3-25-24(23)14-22(15-28-25)29-6-8-33-9-7-29/h2,4-5,10-15H,3,6-9,16-17H2,1H3. The van der Waals surface area contributed by atoms with E-state index in [2.05, 4.69) is 17.0 Å². The van der Waals surface area contributed by atoms with Crippen molar-refractivity contribution in [3.05, 3.63) is 98.2 Å². The first-order valence-corrected chi connectivity index (χ1v) is 11.5. The number of allylic oxidation sites excluding steroid dienone is 1.